The first kappa shape index (κ1) is 19.9. The van der Waals surface area contributed by atoms with Gasteiger partial charge in [0.15, 0.2) is 0 Å². The van der Waals surface area contributed by atoms with Crippen molar-refractivity contribution in [2.24, 2.45) is 0 Å². The molecular weight excluding hydrogens is 382 g/mol. The summed E-state index contributed by atoms with van der Waals surface area (Å²) in [5, 5.41) is 5.97. The molecular formula is C16H23BrClN3O2. The van der Waals surface area contributed by atoms with Gasteiger partial charge < -0.3 is 15.5 Å². The maximum atomic E-state index is 12.5. The molecule has 128 valence electrons. The fraction of sp³-hybridized carbons (Fsp3) is 0.500. The maximum Gasteiger partial charge on any atom is 0.240 e. The Bertz CT molecular complexity index is 554. The van der Waals surface area contributed by atoms with E-state index in [9.17, 15) is 9.59 Å². The number of hydrogen-bond acceptors (Lipinski definition) is 3. The van der Waals surface area contributed by atoms with Crippen LogP contribution in [0.25, 0.3) is 0 Å². The van der Waals surface area contributed by atoms with Crippen LogP contribution in [0.5, 0.6) is 0 Å². The zero-order chi connectivity index (χ0) is 16.1. The summed E-state index contributed by atoms with van der Waals surface area (Å²) < 4.78 is 1.00. The summed E-state index contributed by atoms with van der Waals surface area (Å²) in [5.41, 5.74) is 1.08. The average molecular weight is 405 g/mol. The van der Waals surface area contributed by atoms with Gasteiger partial charge in [0, 0.05) is 30.1 Å². The number of benzene rings is 1. The number of nitrogens with one attached hydrogen (secondary N) is 2. The lowest BCUT2D eigenvalue weighted by Crippen LogP contribution is -2.56. The van der Waals surface area contributed by atoms with Crippen molar-refractivity contribution in [3.63, 3.8) is 0 Å². The third-order valence-corrected chi connectivity index (χ3v) is 3.98. The van der Waals surface area contributed by atoms with Crippen molar-refractivity contribution in [3.05, 3.63) is 34.3 Å². The second-order valence-corrected chi connectivity index (χ2v) is 6.74. The van der Waals surface area contributed by atoms with E-state index in [4.69, 9.17) is 0 Å². The van der Waals surface area contributed by atoms with Crippen LogP contribution in [-0.4, -0.2) is 41.9 Å². The molecule has 2 amide bonds. The molecule has 1 unspecified atom stereocenters. The van der Waals surface area contributed by atoms with Crippen molar-refractivity contribution in [3.8, 4) is 0 Å². The highest BCUT2D eigenvalue weighted by molar-refractivity contribution is 9.10. The molecule has 0 aromatic heterocycles. The van der Waals surface area contributed by atoms with Gasteiger partial charge in [-0.25, -0.2) is 0 Å². The van der Waals surface area contributed by atoms with Crippen LogP contribution in [0.1, 0.15) is 25.8 Å². The van der Waals surface area contributed by atoms with Crippen LogP contribution in [0, 0.1) is 0 Å². The molecule has 0 aliphatic carbocycles. The Hall–Kier alpha value is -1.11. The molecule has 1 aromatic rings. The normalized spacial score (nSPS) is 17.8. The number of piperazine rings is 1. The third-order valence-electron chi connectivity index (χ3n) is 3.48. The minimum absolute atomic E-state index is 0. The van der Waals surface area contributed by atoms with Crippen LogP contribution < -0.4 is 10.6 Å². The number of carbonyl (C=O) groups is 2. The zero-order valence-corrected chi connectivity index (χ0v) is 15.7. The van der Waals surface area contributed by atoms with Crippen LogP contribution in [-0.2, 0) is 16.1 Å². The van der Waals surface area contributed by atoms with E-state index in [1.54, 1.807) is 0 Å². The molecule has 2 rings (SSSR count). The highest BCUT2D eigenvalue weighted by atomic mass is 79.9. The van der Waals surface area contributed by atoms with Crippen LogP contribution in [0.3, 0.4) is 0 Å². The Morgan fingerprint density at radius 2 is 2.22 bits per heavy atom. The first-order valence-corrected chi connectivity index (χ1v) is 8.31. The van der Waals surface area contributed by atoms with E-state index in [0.29, 0.717) is 19.6 Å². The van der Waals surface area contributed by atoms with Crippen LogP contribution in [0.4, 0.5) is 0 Å². The summed E-state index contributed by atoms with van der Waals surface area (Å²) in [5.74, 6) is -0.102. The fourth-order valence-electron chi connectivity index (χ4n) is 2.53. The second kappa shape index (κ2) is 9.25. The number of hydrogen-bond donors (Lipinski definition) is 2. The third kappa shape index (κ3) is 6.12. The number of rotatable bonds is 5. The molecule has 1 heterocycles. The molecule has 1 atom stereocenters. The SMILES string of the molecule is CC(C)NC(=O)CC1NCCN(Cc2cccc(Br)c2)C1=O.Cl. The van der Waals surface area contributed by atoms with E-state index in [1.807, 2.05) is 43.0 Å². The fourth-order valence-corrected chi connectivity index (χ4v) is 2.98. The minimum atomic E-state index is -0.431. The Labute approximate surface area is 151 Å². The van der Waals surface area contributed by atoms with Crippen molar-refractivity contribution in [1.29, 1.82) is 0 Å². The molecule has 0 bridgehead atoms. The first-order chi connectivity index (χ1) is 10.5. The molecule has 0 saturated carbocycles. The van der Waals surface area contributed by atoms with Crippen LogP contribution >= 0.6 is 28.3 Å². The molecule has 1 saturated heterocycles. The molecule has 5 nitrogen and oxygen atoms in total. The number of amides is 2. The molecule has 1 aromatic carbocycles. The Morgan fingerprint density at radius 3 is 2.87 bits per heavy atom. The van der Waals surface area contributed by atoms with E-state index < -0.39 is 6.04 Å². The van der Waals surface area contributed by atoms with Gasteiger partial charge in [-0.3, -0.25) is 9.59 Å². The van der Waals surface area contributed by atoms with Crippen molar-refractivity contribution >= 4 is 40.2 Å². The quantitative estimate of drug-likeness (QED) is 0.790. The highest BCUT2D eigenvalue weighted by Gasteiger charge is 2.30. The first-order valence-electron chi connectivity index (χ1n) is 7.51. The topological polar surface area (TPSA) is 61.4 Å². The lowest BCUT2D eigenvalue weighted by Gasteiger charge is -2.33. The van der Waals surface area contributed by atoms with Crippen molar-refractivity contribution in [2.75, 3.05) is 13.1 Å². The minimum Gasteiger partial charge on any atom is -0.354 e. The van der Waals surface area contributed by atoms with E-state index in [-0.39, 0.29) is 36.7 Å². The Balaban J connectivity index is 0.00000264. The summed E-state index contributed by atoms with van der Waals surface area (Å²) in [7, 11) is 0. The predicted molar refractivity (Wildman–Crippen MR) is 96.5 cm³/mol. The number of carbonyl (C=O) groups excluding carboxylic acids is 2. The van der Waals surface area contributed by atoms with Gasteiger partial charge in [-0.1, -0.05) is 28.1 Å². The van der Waals surface area contributed by atoms with Crippen molar-refractivity contribution < 1.29 is 9.59 Å². The average Bonchev–Trinajstić information content (AvgIpc) is 2.42. The summed E-state index contributed by atoms with van der Waals surface area (Å²) >= 11 is 3.44. The predicted octanol–water partition coefficient (Wildman–Crippen LogP) is 2.09. The molecule has 0 spiro atoms. The highest BCUT2D eigenvalue weighted by Crippen LogP contribution is 2.15. The van der Waals surface area contributed by atoms with E-state index in [0.717, 1.165) is 10.0 Å². The van der Waals surface area contributed by atoms with Gasteiger partial charge in [0.25, 0.3) is 0 Å². The zero-order valence-electron chi connectivity index (χ0n) is 13.3. The van der Waals surface area contributed by atoms with Crippen LogP contribution in [0.2, 0.25) is 0 Å². The lowest BCUT2D eigenvalue weighted by molar-refractivity contribution is -0.138. The van der Waals surface area contributed by atoms with Crippen molar-refractivity contribution in [2.45, 2.75) is 38.9 Å². The summed E-state index contributed by atoms with van der Waals surface area (Å²) in [6, 6.07) is 7.58. The van der Waals surface area contributed by atoms with E-state index in [1.165, 1.54) is 0 Å². The van der Waals surface area contributed by atoms with Crippen molar-refractivity contribution in [1.82, 2.24) is 15.5 Å². The standard InChI is InChI=1S/C16H22BrN3O2.ClH/c1-11(2)19-15(21)9-14-16(22)20(7-6-18-14)10-12-4-3-5-13(17)8-12;/h3-5,8,11,14,18H,6-7,9-10H2,1-2H3,(H,19,21);1H. The second-order valence-electron chi connectivity index (χ2n) is 5.82. The van der Waals surface area contributed by atoms with Gasteiger partial charge in [0.05, 0.1) is 12.5 Å². The molecule has 1 aliphatic rings. The van der Waals surface area contributed by atoms with Gasteiger partial charge in [-0.2, -0.15) is 0 Å². The smallest absolute Gasteiger partial charge is 0.240 e. The summed E-state index contributed by atoms with van der Waals surface area (Å²) in [6.07, 6.45) is 0.187. The Kier molecular flexibility index (Phi) is 8.02. The number of nitrogens with zero attached hydrogens (tertiary/aromatic N) is 1. The van der Waals surface area contributed by atoms with Crippen LogP contribution in [0.15, 0.2) is 28.7 Å². The molecule has 0 radical (unpaired) electrons. The largest absolute Gasteiger partial charge is 0.354 e. The lowest BCUT2D eigenvalue weighted by atomic mass is 10.1. The molecule has 1 fully saturated rings. The Morgan fingerprint density at radius 1 is 1.48 bits per heavy atom. The van der Waals surface area contributed by atoms with Gasteiger partial charge in [-0.05, 0) is 31.5 Å². The van der Waals surface area contributed by atoms with Gasteiger partial charge in [0.2, 0.25) is 11.8 Å². The molecule has 2 N–H and O–H groups in total. The van der Waals surface area contributed by atoms with Gasteiger partial charge in [0.1, 0.15) is 0 Å². The van der Waals surface area contributed by atoms with Gasteiger partial charge in [-0.15, -0.1) is 12.4 Å². The molecule has 23 heavy (non-hydrogen) atoms. The van der Waals surface area contributed by atoms with Gasteiger partial charge >= 0.3 is 0 Å². The molecule has 7 heteroatoms. The number of halogens is 2. The van der Waals surface area contributed by atoms with E-state index in [2.05, 4.69) is 26.6 Å². The monoisotopic (exact) mass is 403 g/mol. The summed E-state index contributed by atoms with van der Waals surface area (Å²) in [4.78, 5) is 26.2. The van der Waals surface area contributed by atoms with E-state index >= 15 is 0 Å². The summed E-state index contributed by atoms with van der Waals surface area (Å²) in [6.45, 7) is 5.76. The molecule has 1 aliphatic heterocycles. The maximum absolute atomic E-state index is 12.5.